The van der Waals surface area contributed by atoms with Gasteiger partial charge < -0.3 is 16.0 Å². The van der Waals surface area contributed by atoms with Crippen LogP contribution in [0.25, 0.3) is 11.1 Å². The fourth-order valence-electron chi connectivity index (χ4n) is 3.30. The zero-order valence-electron chi connectivity index (χ0n) is 17.9. The zero-order valence-corrected chi connectivity index (χ0v) is 17.9. The number of amidine groups is 1. The van der Waals surface area contributed by atoms with E-state index in [4.69, 9.17) is 5.73 Å². The minimum Gasteiger partial charge on any atom is -0.383 e. The van der Waals surface area contributed by atoms with Crippen molar-refractivity contribution in [3.63, 3.8) is 0 Å². The van der Waals surface area contributed by atoms with E-state index in [2.05, 4.69) is 26.5 Å². The number of nitrogens with two attached hydrogens (primary N) is 1. The van der Waals surface area contributed by atoms with Gasteiger partial charge in [-0.25, -0.2) is 24.3 Å². The van der Waals surface area contributed by atoms with Gasteiger partial charge in [0.05, 0.1) is 12.1 Å². The summed E-state index contributed by atoms with van der Waals surface area (Å²) >= 11 is 0. The van der Waals surface area contributed by atoms with Crippen molar-refractivity contribution in [2.24, 2.45) is 5.10 Å². The number of hydrazone groups is 1. The Morgan fingerprint density at radius 1 is 1.15 bits per heavy atom. The smallest absolute Gasteiger partial charge is 0.238 e. The number of aromatic nitrogens is 1. The Hall–Kier alpha value is -4.09. The van der Waals surface area contributed by atoms with Gasteiger partial charge in [0, 0.05) is 17.4 Å². The lowest BCUT2D eigenvalue weighted by molar-refractivity contribution is -0.116. The minimum absolute atomic E-state index is 0.0682. The van der Waals surface area contributed by atoms with Gasteiger partial charge in [-0.15, -0.1) is 10.6 Å². The van der Waals surface area contributed by atoms with Crippen LogP contribution >= 0.6 is 0 Å². The largest absolute Gasteiger partial charge is 0.383 e. The van der Waals surface area contributed by atoms with Gasteiger partial charge in [-0.1, -0.05) is 18.2 Å². The molecule has 1 amide bonds. The van der Waals surface area contributed by atoms with Crippen LogP contribution in [-0.4, -0.2) is 42.3 Å². The van der Waals surface area contributed by atoms with Crippen molar-refractivity contribution in [1.29, 1.82) is 0 Å². The summed E-state index contributed by atoms with van der Waals surface area (Å²) in [6.07, 6.45) is 1.60. The molecule has 9 nitrogen and oxygen atoms in total. The number of rotatable bonds is 6. The van der Waals surface area contributed by atoms with Crippen LogP contribution in [0.5, 0.6) is 0 Å². The number of likely N-dealkylation sites (N-methyl/N-ethyl adjacent to an activating group) is 1. The number of anilines is 3. The summed E-state index contributed by atoms with van der Waals surface area (Å²) in [6, 6.07) is 12.8. The number of hydrazine groups is 2. The molecule has 0 radical (unpaired) electrons. The third-order valence-corrected chi connectivity index (χ3v) is 4.83. The molecule has 1 aromatic heterocycles. The molecule has 1 aliphatic rings. The highest BCUT2D eigenvalue weighted by Gasteiger charge is 2.26. The molecule has 0 fully saturated rings. The summed E-state index contributed by atoms with van der Waals surface area (Å²) in [5.74, 6) is -1.75. The summed E-state index contributed by atoms with van der Waals surface area (Å²) in [5, 5.41) is 8.20. The van der Waals surface area contributed by atoms with Crippen molar-refractivity contribution in [2.45, 2.75) is 0 Å². The fraction of sp³-hybridized carbons (Fsp3) is 0.136. The standard InChI is InChI=1S/C22H22F2N8O/c1-31(2)12-19(33)27-15-8-6-13(7-9-15)14-10-16(21(25)26-11-14)22-28-29-30-32(22)18-5-3-4-17(23)20(18)24/h3-11,29-30H,12H2,1-2H3,(H2,25,26)(H,27,33). The number of halogens is 2. The van der Waals surface area contributed by atoms with E-state index < -0.39 is 11.6 Å². The molecule has 0 aliphatic carbocycles. The van der Waals surface area contributed by atoms with Crippen molar-refractivity contribution in [2.75, 3.05) is 36.7 Å². The highest BCUT2D eigenvalue weighted by atomic mass is 19.2. The van der Waals surface area contributed by atoms with E-state index in [1.54, 1.807) is 29.3 Å². The quantitative estimate of drug-likeness (QED) is 0.454. The first-order valence-corrected chi connectivity index (χ1v) is 9.97. The summed E-state index contributed by atoms with van der Waals surface area (Å²) in [4.78, 5) is 18.0. The molecule has 1 aliphatic heterocycles. The number of hydrogen-bond acceptors (Lipinski definition) is 8. The minimum atomic E-state index is -1.03. The molecule has 0 saturated carbocycles. The lowest BCUT2D eigenvalue weighted by Gasteiger charge is -2.20. The van der Waals surface area contributed by atoms with Crippen LogP contribution in [0.2, 0.25) is 0 Å². The van der Waals surface area contributed by atoms with Gasteiger partial charge in [-0.05, 0) is 50.0 Å². The average molecular weight is 452 g/mol. The van der Waals surface area contributed by atoms with Gasteiger partial charge in [-0.2, -0.15) is 0 Å². The van der Waals surface area contributed by atoms with E-state index in [0.29, 0.717) is 11.3 Å². The molecule has 170 valence electrons. The Morgan fingerprint density at radius 3 is 2.64 bits per heavy atom. The molecule has 2 aromatic carbocycles. The lowest BCUT2D eigenvalue weighted by atomic mass is 10.0. The molecule has 0 atom stereocenters. The van der Waals surface area contributed by atoms with E-state index in [9.17, 15) is 13.6 Å². The zero-order chi connectivity index (χ0) is 23.5. The molecule has 0 unspecified atom stereocenters. The van der Waals surface area contributed by atoms with Gasteiger partial charge in [0.25, 0.3) is 0 Å². The van der Waals surface area contributed by atoms with E-state index >= 15 is 0 Å². The second-order valence-corrected chi connectivity index (χ2v) is 7.59. The van der Waals surface area contributed by atoms with Crippen LogP contribution in [0.1, 0.15) is 5.56 Å². The van der Waals surface area contributed by atoms with Crippen LogP contribution in [0.3, 0.4) is 0 Å². The first-order chi connectivity index (χ1) is 15.8. The maximum atomic E-state index is 14.4. The number of benzene rings is 2. The number of nitrogens with zero attached hydrogens (tertiary/aromatic N) is 4. The van der Waals surface area contributed by atoms with Crippen molar-refractivity contribution in [3.05, 3.63) is 71.9 Å². The van der Waals surface area contributed by atoms with E-state index in [1.165, 1.54) is 17.1 Å². The molecule has 4 rings (SSSR count). The third kappa shape index (κ3) is 4.73. The molecule has 2 heterocycles. The second-order valence-electron chi connectivity index (χ2n) is 7.59. The van der Waals surface area contributed by atoms with Crippen molar-refractivity contribution >= 4 is 28.9 Å². The van der Waals surface area contributed by atoms with Crippen LogP contribution in [0.4, 0.5) is 26.0 Å². The number of carbonyl (C=O) groups excluding carboxylic acids is 1. The molecule has 0 bridgehead atoms. The molecule has 0 saturated heterocycles. The molecular formula is C22H22F2N8O. The van der Waals surface area contributed by atoms with E-state index in [-0.39, 0.29) is 29.8 Å². The third-order valence-electron chi connectivity index (χ3n) is 4.83. The highest BCUT2D eigenvalue weighted by Crippen LogP contribution is 2.28. The number of nitrogens with one attached hydrogen (secondary N) is 3. The lowest BCUT2D eigenvalue weighted by Crippen LogP contribution is -2.42. The van der Waals surface area contributed by atoms with Crippen LogP contribution in [0, 0.1) is 11.6 Å². The average Bonchev–Trinajstić information content (AvgIpc) is 3.25. The SMILES string of the molecule is CN(C)CC(=O)Nc1ccc(-c2cnc(N)c(C3=NNNN3c3cccc(F)c3F)c2)cc1. The van der Waals surface area contributed by atoms with Crippen molar-refractivity contribution in [3.8, 4) is 11.1 Å². The maximum Gasteiger partial charge on any atom is 0.238 e. The molecule has 5 N–H and O–H groups in total. The van der Waals surface area contributed by atoms with Crippen LogP contribution in [-0.2, 0) is 4.79 Å². The van der Waals surface area contributed by atoms with Crippen molar-refractivity contribution in [1.82, 2.24) is 21.0 Å². The monoisotopic (exact) mass is 452 g/mol. The van der Waals surface area contributed by atoms with E-state index in [0.717, 1.165) is 17.2 Å². The van der Waals surface area contributed by atoms with Gasteiger partial charge in [0.1, 0.15) is 11.5 Å². The first kappa shape index (κ1) is 22.1. The maximum absolute atomic E-state index is 14.4. The van der Waals surface area contributed by atoms with Gasteiger partial charge in [0.15, 0.2) is 17.5 Å². The number of hydrogen-bond donors (Lipinski definition) is 4. The summed E-state index contributed by atoms with van der Waals surface area (Å²) in [7, 11) is 3.63. The Bertz CT molecular complexity index is 1210. The van der Waals surface area contributed by atoms with E-state index in [1.807, 2.05) is 26.2 Å². The van der Waals surface area contributed by atoms with Gasteiger partial charge in [0.2, 0.25) is 5.91 Å². The van der Waals surface area contributed by atoms with Crippen LogP contribution in [0.15, 0.2) is 59.8 Å². The van der Waals surface area contributed by atoms with Crippen molar-refractivity contribution < 1.29 is 13.6 Å². The molecule has 3 aromatic rings. The predicted octanol–water partition coefficient (Wildman–Crippen LogP) is 2.30. The first-order valence-electron chi connectivity index (χ1n) is 9.97. The Balaban J connectivity index is 1.61. The summed E-state index contributed by atoms with van der Waals surface area (Å²) in [5.41, 5.74) is 13.8. The normalized spacial score (nSPS) is 13.1. The van der Waals surface area contributed by atoms with Gasteiger partial charge >= 0.3 is 0 Å². The van der Waals surface area contributed by atoms with Gasteiger partial charge in [-0.3, -0.25) is 4.79 Å². The molecule has 11 heteroatoms. The summed E-state index contributed by atoms with van der Waals surface area (Å²) in [6.45, 7) is 0.277. The Kier molecular flexibility index (Phi) is 6.16. The number of amides is 1. The highest BCUT2D eigenvalue weighted by molar-refractivity contribution is 6.13. The number of nitrogen functional groups attached to an aromatic ring is 1. The molecular weight excluding hydrogens is 430 g/mol. The topological polar surface area (TPSA) is 111 Å². The Morgan fingerprint density at radius 2 is 1.91 bits per heavy atom. The fourth-order valence-corrected chi connectivity index (χ4v) is 3.30. The Labute approximate surface area is 188 Å². The number of pyridine rings is 1. The molecule has 33 heavy (non-hydrogen) atoms. The second kappa shape index (κ2) is 9.18. The predicted molar refractivity (Wildman–Crippen MR) is 123 cm³/mol. The summed E-state index contributed by atoms with van der Waals surface area (Å²) < 4.78 is 28.1. The van der Waals surface area contributed by atoms with Crippen LogP contribution < -0.4 is 27.1 Å². The number of carbonyl (C=O) groups is 1. The molecule has 0 spiro atoms.